The third-order valence-electron chi connectivity index (χ3n) is 5.27. The molecule has 0 aromatic heterocycles. The van der Waals surface area contributed by atoms with Gasteiger partial charge in [0.05, 0.1) is 32.0 Å². The molecule has 0 spiro atoms. The molecule has 1 amide bonds. The van der Waals surface area contributed by atoms with Gasteiger partial charge in [0.1, 0.15) is 18.8 Å². The van der Waals surface area contributed by atoms with Gasteiger partial charge < -0.3 is 29.0 Å². The molecule has 35 heavy (non-hydrogen) atoms. The number of hydrogen-bond acceptors (Lipinski definition) is 7. The fourth-order valence-corrected chi connectivity index (χ4v) is 2.84. The number of unbranched alkanes of at least 4 members (excludes halogenated alkanes) is 1. The molecule has 3 rings (SSSR count). The lowest BCUT2D eigenvalue weighted by atomic mass is 9.92. The third kappa shape index (κ3) is 12.0. The van der Waals surface area contributed by atoms with E-state index in [1.807, 2.05) is 45.0 Å². The number of esters is 1. The lowest BCUT2D eigenvalue weighted by Crippen LogP contribution is -2.41. The van der Waals surface area contributed by atoms with E-state index in [1.54, 1.807) is 6.92 Å². The summed E-state index contributed by atoms with van der Waals surface area (Å²) in [7, 11) is 0. The molecule has 194 valence electrons. The van der Waals surface area contributed by atoms with E-state index in [9.17, 15) is 9.59 Å². The standard InChI is InChI=1S/C16H21NO3.C11H18O4/c1-11(2)12-6-5-7-13(8-12)16(3,4)17-15(18)20-10-14-9-19-14;1-9(2)11(12)14-6-4-3-5-13-7-10-8-15-10/h5-8,14H,1,9-10H2,2-4H3,(H,17,18);10H,1,3-8H2,2H3. The van der Waals surface area contributed by atoms with E-state index in [0.717, 1.165) is 36.1 Å². The summed E-state index contributed by atoms with van der Waals surface area (Å²) < 4.78 is 25.4. The first-order chi connectivity index (χ1) is 16.6. The highest BCUT2D eigenvalue weighted by Gasteiger charge is 2.27. The molecule has 2 heterocycles. The number of amides is 1. The van der Waals surface area contributed by atoms with Crippen LogP contribution in [0, 0.1) is 0 Å². The van der Waals surface area contributed by atoms with E-state index < -0.39 is 11.6 Å². The molecule has 2 aliphatic heterocycles. The van der Waals surface area contributed by atoms with E-state index in [-0.39, 0.29) is 12.1 Å². The van der Waals surface area contributed by atoms with Crippen LogP contribution >= 0.6 is 0 Å². The van der Waals surface area contributed by atoms with Crippen molar-refractivity contribution in [2.24, 2.45) is 0 Å². The van der Waals surface area contributed by atoms with Crippen molar-refractivity contribution in [3.8, 4) is 0 Å². The average molecular weight is 490 g/mol. The Morgan fingerprint density at radius 2 is 1.66 bits per heavy atom. The van der Waals surface area contributed by atoms with Crippen LogP contribution in [0.2, 0.25) is 0 Å². The van der Waals surface area contributed by atoms with Gasteiger partial charge in [0.2, 0.25) is 0 Å². The molecular weight excluding hydrogens is 450 g/mol. The molecule has 2 fully saturated rings. The van der Waals surface area contributed by atoms with E-state index in [0.29, 0.717) is 44.7 Å². The van der Waals surface area contributed by atoms with Crippen LogP contribution in [-0.4, -0.2) is 63.9 Å². The van der Waals surface area contributed by atoms with Crippen LogP contribution in [0.5, 0.6) is 0 Å². The highest BCUT2D eigenvalue weighted by molar-refractivity contribution is 5.86. The molecule has 2 unspecified atom stereocenters. The number of ether oxygens (including phenoxy) is 5. The Kier molecular flexibility index (Phi) is 11.4. The Labute approximate surface area is 208 Å². The number of epoxide rings is 2. The van der Waals surface area contributed by atoms with E-state index in [4.69, 9.17) is 23.7 Å². The maximum Gasteiger partial charge on any atom is 0.407 e. The predicted molar refractivity (Wildman–Crippen MR) is 134 cm³/mol. The molecule has 0 radical (unpaired) electrons. The van der Waals surface area contributed by atoms with Gasteiger partial charge in [0.25, 0.3) is 0 Å². The number of benzene rings is 1. The van der Waals surface area contributed by atoms with Crippen LogP contribution in [0.3, 0.4) is 0 Å². The highest BCUT2D eigenvalue weighted by atomic mass is 16.6. The molecule has 0 aliphatic carbocycles. The second-order valence-electron chi connectivity index (χ2n) is 9.32. The largest absolute Gasteiger partial charge is 0.462 e. The molecule has 2 atom stereocenters. The number of nitrogens with one attached hydrogen (secondary N) is 1. The second-order valence-corrected chi connectivity index (χ2v) is 9.32. The molecule has 1 aromatic rings. The Morgan fingerprint density at radius 3 is 2.26 bits per heavy atom. The number of hydrogen-bond donors (Lipinski definition) is 1. The normalized spacial score (nSPS) is 17.9. The van der Waals surface area contributed by atoms with Crippen LogP contribution < -0.4 is 5.32 Å². The molecule has 2 aliphatic rings. The Hall–Kier alpha value is -2.68. The average Bonchev–Trinajstić information content (AvgIpc) is 3.72. The van der Waals surface area contributed by atoms with E-state index in [2.05, 4.69) is 18.5 Å². The van der Waals surface area contributed by atoms with Crippen molar-refractivity contribution in [1.29, 1.82) is 0 Å². The third-order valence-corrected chi connectivity index (χ3v) is 5.27. The molecule has 0 saturated carbocycles. The summed E-state index contributed by atoms with van der Waals surface area (Å²) in [5.41, 5.74) is 3.01. The second kappa shape index (κ2) is 14.0. The monoisotopic (exact) mass is 489 g/mol. The first-order valence-electron chi connectivity index (χ1n) is 11.9. The van der Waals surface area contributed by atoms with Crippen molar-refractivity contribution in [2.45, 2.75) is 58.3 Å². The van der Waals surface area contributed by atoms with Gasteiger partial charge in [0, 0.05) is 12.2 Å². The minimum Gasteiger partial charge on any atom is -0.462 e. The summed E-state index contributed by atoms with van der Waals surface area (Å²) in [5, 5.41) is 2.88. The summed E-state index contributed by atoms with van der Waals surface area (Å²) in [4.78, 5) is 22.7. The Bertz CT molecular complexity index is 872. The van der Waals surface area contributed by atoms with Crippen molar-refractivity contribution in [1.82, 2.24) is 5.32 Å². The molecular formula is C27H39NO7. The van der Waals surface area contributed by atoms with Crippen molar-refractivity contribution in [3.05, 3.63) is 54.1 Å². The smallest absolute Gasteiger partial charge is 0.407 e. The zero-order valence-corrected chi connectivity index (χ0v) is 21.4. The van der Waals surface area contributed by atoms with Crippen molar-refractivity contribution < 1.29 is 33.3 Å². The van der Waals surface area contributed by atoms with Gasteiger partial charge in [0.15, 0.2) is 0 Å². The maximum atomic E-state index is 11.8. The first kappa shape index (κ1) is 28.6. The minimum atomic E-state index is -0.507. The van der Waals surface area contributed by atoms with E-state index in [1.165, 1.54) is 0 Å². The first-order valence-corrected chi connectivity index (χ1v) is 11.9. The van der Waals surface area contributed by atoms with Gasteiger partial charge >= 0.3 is 12.1 Å². The summed E-state index contributed by atoms with van der Waals surface area (Å²) in [5.74, 6) is -0.317. The maximum absolute atomic E-state index is 11.8. The van der Waals surface area contributed by atoms with Gasteiger partial charge in [-0.3, -0.25) is 0 Å². The van der Waals surface area contributed by atoms with Crippen molar-refractivity contribution >= 4 is 17.6 Å². The molecule has 8 heteroatoms. The number of carbonyl (C=O) groups excluding carboxylic acids is 2. The molecule has 2 saturated heterocycles. The lowest BCUT2D eigenvalue weighted by Gasteiger charge is -2.27. The Morgan fingerprint density at radius 1 is 1.03 bits per heavy atom. The van der Waals surface area contributed by atoms with Gasteiger partial charge in [-0.05, 0) is 57.7 Å². The number of carbonyl (C=O) groups is 2. The molecule has 0 bridgehead atoms. The predicted octanol–water partition coefficient (Wildman–Crippen LogP) is 4.38. The van der Waals surface area contributed by atoms with Gasteiger partial charge in [-0.2, -0.15) is 0 Å². The minimum absolute atomic E-state index is 0.0793. The molecule has 1 aromatic carbocycles. The summed E-state index contributed by atoms with van der Waals surface area (Å²) in [6.45, 7) is 18.6. The molecule has 1 N–H and O–H groups in total. The van der Waals surface area contributed by atoms with Crippen molar-refractivity contribution in [3.63, 3.8) is 0 Å². The van der Waals surface area contributed by atoms with Gasteiger partial charge in [-0.25, -0.2) is 9.59 Å². The highest BCUT2D eigenvalue weighted by Crippen LogP contribution is 2.23. The fraction of sp³-hybridized carbons (Fsp3) is 0.556. The number of alkyl carbamates (subject to hydrolysis) is 1. The number of allylic oxidation sites excluding steroid dienone is 1. The van der Waals surface area contributed by atoms with Crippen LogP contribution in [0.1, 0.15) is 51.7 Å². The molecule has 8 nitrogen and oxygen atoms in total. The Balaban J connectivity index is 0.000000258. The lowest BCUT2D eigenvalue weighted by molar-refractivity contribution is -0.139. The van der Waals surface area contributed by atoms with Crippen LogP contribution in [-0.2, 0) is 34.0 Å². The zero-order chi connectivity index (χ0) is 25.8. The SMILES string of the molecule is C=C(C)C(=O)OCCCCOCC1CO1.C=C(C)c1cccc(C(C)(C)NC(=O)OCC2CO2)c1. The summed E-state index contributed by atoms with van der Waals surface area (Å²) in [6, 6.07) is 7.99. The topological polar surface area (TPSA) is 98.9 Å². The van der Waals surface area contributed by atoms with Crippen LogP contribution in [0.25, 0.3) is 5.57 Å². The summed E-state index contributed by atoms with van der Waals surface area (Å²) in [6.07, 6.45) is 1.70. The quantitative estimate of drug-likeness (QED) is 0.190. The van der Waals surface area contributed by atoms with E-state index >= 15 is 0 Å². The van der Waals surface area contributed by atoms with Gasteiger partial charge in [-0.15, -0.1) is 0 Å². The van der Waals surface area contributed by atoms with Crippen molar-refractivity contribution in [2.75, 3.05) is 39.6 Å². The van der Waals surface area contributed by atoms with Gasteiger partial charge in [-0.1, -0.05) is 36.9 Å². The fourth-order valence-electron chi connectivity index (χ4n) is 2.84. The summed E-state index contributed by atoms with van der Waals surface area (Å²) >= 11 is 0. The zero-order valence-electron chi connectivity index (χ0n) is 21.4. The number of rotatable bonds is 13. The van der Waals surface area contributed by atoms with Crippen LogP contribution in [0.4, 0.5) is 4.79 Å². The van der Waals surface area contributed by atoms with Crippen LogP contribution in [0.15, 0.2) is 43.0 Å².